The van der Waals surface area contributed by atoms with Crippen LogP contribution >= 0.6 is 11.6 Å². The Morgan fingerprint density at radius 3 is 2.48 bits per heavy atom. The van der Waals surface area contributed by atoms with Gasteiger partial charge in [-0.15, -0.1) is 0 Å². The number of rotatable bonds is 8. The van der Waals surface area contributed by atoms with E-state index in [9.17, 15) is 15.0 Å². The van der Waals surface area contributed by atoms with Gasteiger partial charge in [-0.2, -0.15) is 0 Å². The highest BCUT2D eigenvalue weighted by Gasteiger charge is 2.41. The van der Waals surface area contributed by atoms with Crippen molar-refractivity contribution in [2.45, 2.75) is 37.4 Å². The third kappa shape index (κ3) is 6.28. The maximum Gasteiger partial charge on any atom is 0.222 e. The molecule has 29 heavy (non-hydrogen) atoms. The summed E-state index contributed by atoms with van der Waals surface area (Å²) in [5.41, 5.74) is 1.07. The Balaban J connectivity index is 1.40. The quantitative estimate of drug-likeness (QED) is 0.578. The zero-order chi connectivity index (χ0) is 20.7. The van der Waals surface area contributed by atoms with Crippen molar-refractivity contribution in [3.05, 3.63) is 70.7 Å². The lowest BCUT2D eigenvalue weighted by atomic mass is 9.88. The van der Waals surface area contributed by atoms with Gasteiger partial charge in [-0.3, -0.25) is 4.79 Å². The second-order valence-corrected chi connectivity index (χ2v) is 8.18. The molecule has 1 aliphatic rings. The molecule has 156 valence electrons. The minimum atomic E-state index is -1.21. The van der Waals surface area contributed by atoms with Crippen molar-refractivity contribution in [2.75, 3.05) is 26.2 Å². The molecule has 0 aliphatic carbocycles. The smallest absolute Gasteiger partial charge is 0.222 e. The lowest BCUT2D eigenvalue weighted by molar-refractivity contribution is -0.148. The minimum absolute atomic E-state index is 0.0191. The van der Waals surface area contributed by atoms with Crippen molar-refractivity contribution in [2.24, 2.45) is 0 Å². The molecule has 5 nitrogen and oxygen atoms in total. The molecule has 0 radical (unpaired) electrons. The van der Waals surface area contributed by atoms with Crippen LogP contribution in [-0.4, -0.2) is 58.9 Å². The molecule has 3 rings (SSSR count). The first kappa shape index (κ1) is 21.8. The van der Waals surface area contributed by atoms with E-state index in [1.165, 1.54) is 0 Å². The van der Waals surface area contributed by atoms with Crippen molar-refractivity contribution in [3.8, 4) is 0 Å². The zero-order valence-corrected chi connectivity index (χ0v) is 17.3. The Labute approximate surface area is 177 Å². The van der Waals surface area contributed by atoms with E-state index in [-0.39, 0.29) is 12.5 Å². The zero-order valence-electron chi connectivity index (χ0n) is 16.6. The van der Waals surface area contributed by atoms with Gasteiger partial charge in [0.2, 0.25) is 5.91 Å². The maximum absolute atomic E-state index is 12.5. The van der Waals surface area contributed by atoms with Crippen LogP contribution in [0.4, 0.5) is 0 Å². The number of hydrogen-bond acceptors (Lipinski definition) is 4. The SMILES string of the molecule is O=C(CCc1ccccc1)N1CC[C@](O)(CNCCc2ccc(Cl)cc2)[C@@H](O)C1. The van der Waals surface area contributed by atoms with Crippen LogP contribution in [0.3, 0.4) is 0 Å². The number of carbonyl (C=O) groups excluding carboxylic acids is 1. The Hall–Kier alpha value is -1.92. The molecule has 1 amide bonds. The molecule has 0 saturated carbocycles. The summed E-state index contributed by atoms with van der Waals surface area (Å²) in [6.07, 6.45) is 1.31. The number of β-amino-alcohol motifs (C(OH)–C–C–N with tert-alkyl or cyclic N) is 1. The van der Waals surface area contributed by atoms with Crippen molar-refractivity contribution in [1.29, 1.82) is 0 Å². The average Bonchev–Trinajstić information content (AvgIpc) is 2.74. The minimum Gasteiger partial charge on any atom is -0.388 e. The molecule has 2 atom stereocenters. The van der Waals surface area contributed by atoms with Crippen LogP contribution in [0.15, 0.2) is 54.6 Å². The van der Waals surface area contributed by atoms with Crippen LogP contribution < -0.4 is 5.32 Å². The van der Waals surface area contributed by atoms with E-state index < -0.39 is 11.7 Å². The molecular weight excluding hydrogens is 388 g/mol. The highest BCUT2D eigenvalue weighted by molar-refractivity contribution is 6.30. The highest BCUT2D eigenvalue weighted by atomic mass is 35.5. The van der Waals surface area contributed by atoms with Gasteiger partial charge >= 0.3 is 0 Å². The Kier molecular flexibility index (Phi) is 7.67. The Bertz CT molecular complexity index is 784. The van der Waals surface area contributed by atoms with Crippen LogP contribution in [0.25, 0.3) is 0 Å². The number of piperidine rings is 1. The molecule has 2 aromatic carbocycles. The monoisotopic (exact) mass is 416 g/mol. The number of hydrogen-bond donors (Lipinski definition) is 3. The van der Waals surface area contributed by atoms with E-state index in [0.717, 1.165) is 17.5 Å². The summed E-state index contributed by atoms with van der Waals surface area (Å²) >= 11 is 5.89. The van der Waals surface area contributed by atoms with Crippen LogP contribution in [-0.2, 0) is 17.6 Å². The molecule has 0 spiro atoms. The molecular formula is C23H29ClN2O3. The lowest BCUT2D eigenvalue weighted by Crippen LogP contribution is -2.60. The summed E-state index contributed by atoms with van der Waals surface area (Å²) in [5, 5.41) is 25.2. The molecule has 6 heteroatoms. The van der Waals surface area contributed by atoms with Gasteiger partial charge in [-0.25, -0.2) is 0 Å². The first-order valence-electron chi connectivity index (χ1n) is 10.1. The van der Waals surface area contributed by atoms with Gasteiger partial charge in [0, 0.05) is 31.1 Å². The number of aliphatic hydroxyl groups is 2. The van der Waals surface area contributed by atoms with Crippen LogP contribution in [0.1, 0.15) is 24.0 Å². The summed E-state index contributed by atoms with van der Waals surface area (Å²) in [5.74, 6) is 0.0191. The average molecular weight is 417 g/mol. The first-order chi connectivity index (χ1) is 14.0. The van der Waals surface area contributed by atoms with Gasteiger partial charge < -0.3 is 20.4 Å². The van der Waals surface area contributed by atoms with E-state index in [0.29, 0.717) is 43.9 Å². The molecule has 1 aliphatic heterocycles. The second kappa shape index (κ2) is 10.2. The number of benzene rings is 2. The first-order valence-corrected chi connectivity index (χ1v) is 10.5. The summed E-state index contributed by atoms with van der Waals surface area (Å²) in [6.45, 7) is 1.62. The number of carbonyl (C=O) groups is 1. The third-order valence-corrected chi connectivity index (χ3v) is 5.84. The van der Waals surface area contributed by atoms with Gasteiger partial charge in [-0.05, 0) is 49.1 Å². The lowest BCUT2D eigenvalue weighted by Gasteiger charge is -2.42. The molecule has 0 aromatic heterocycles. The fourth-order valence-electron chi connectivity index (χ4n) is 3.64. The van der Waals surface area contributed by atoms with Crippen LogP contribution in [0, 0.1) is 0 Å². The Morgan fingerprint density at radius 1 is 1.10 bits per heavy atom. The van der Waals surface area contributed by atoms with Gasteiger partial charge in [-0.1, -0.05) is 54.1 Å². The van der Waals surface area contributed by atoms with Gasteiger partial charge in [0.1, 0.15) is 11.7 Å². The number of nitrogens with zero attached hydrogens (tertiary/aromatic N) is 1. The molecule has 1 saturated heterocycles. The summed E-state index contributed by atoms with van der Waals surface area (Å²) in [4.78, 5) is 14.1. The van der Waals surface area contributed by atoms with Gasteiger partial charge in [0.05, 0.1) is 0 Å². The van der Waals surface area contributed by atoms with Crippen LogP contribution in [0.5, 0.6) is 0 Å². The normalized spacial score (nSPS) is 21.9. The molecule has 0 bridgehead atoms. The van der Waals surface area contributed by atoms with Crippen molar-refractivity contribution >= 4 is 17.5 Å². The van der Waals surface area contributed by atoms with E-state index in [1.54, 1.807) is 4.90 Å². The maximum atomic E-state index is 12.5. The number of nitrogens with one attached hydrogen (secondary N) is 1. The highest BCUT2D eigenvalue weighted by Crippen LogP contribution is 2.23. The number of aliphatic hydroxyl groups excluding tert-OH is 1. The largest absolute Gasteiger partial charge is 0.388 e. The number of aryl methyl sites for hydroxylation is 1. The standard InChI is InChI=1S/C23H29ClN2O3/c24-20-9-6-19(7-10-20)12-14-25-17-23(29)13-15-26(16-21(23)27)22(28)11-8-18-4-2-1-3-5-18/h1-7,9-10,21,25,27,29H,8,11-17H2/t21-,23-/m0/s1. The molecule has 0 unspecified atom stereocenters. The molecule has 1 heterocycles. The number of likely N-dealkylation sites (tertiary alicyclic amines) is 1. The number of amides is 1. The predicted molar refractivity (Wildman–Crippen MR) is 115 cm³/mol. The van der Waals surface area contributed by atoms with E-state index in [2.05, 4.69) is 5.32 Å². The van der Waals surface area contributed by atoms with E-state index in [4.69, 9.17) is 11.6 Å². The fraction of sp³-hybridized carbons (Fsp3) is 0.435. The molecule has 1 fully saturated rings. The molecule has 2 aromatic rings. The second-order valence-electron chi connectivity index (χ2n) is 7.75. The summed E-state index contributed by atoms with van der Waals surface area (Å²) in [7, 11) is 0. The van der Waals surface area contributed by atoms with Crippen molar-refractivity contribution in [3.63, 3.8) is 0 Å². The topological polar surface area (TPSA) is 72.8 Å². The number of halogens is 1. The predicted octanol–water partition coefficient (Wildman–Crippen LogP) is 2.43. The van der Waals surface area contributed by atoms with E-state index >= 15 is 0 Å². The fourth-order valence-corrected chi connectivity index (χ4v) is 3.77. The van der Waals surface area contributed by atoms with Gasteiger partial charge in [0.15, 0.2) is 0 Å². The third-order valence-electron chi connectivity index (χ3n) is 5.59. The van der Waals surface area contributed by atoms with Crippen molar-refractivity contribution in [1.82, 2.24) is 10.2 Å². The Morgan fingerprint density at radius 2 is 1.79 bits per heavy atom. The van der Waals surface area contributed by atoms with Crippen molar-refractivity contribution < 1.29 is 15.0 Å². The molecule has 3 N–H and O–H groups in total. The summed E-state index contributed by atoms with van der Waals surface area (Å²) in [6, 6.07) is 17.6. The van der Waals surface area contributed by atoms with E-state index in [1.807, 2.05) is 54.6 Å². The van der Waals surface area contributed by atoms with Gasteiger partial charge in [0.25, 0.3) is 0 Å². The van der Waals surface area contributed by atoms with Crippen LogP contribution in [0.2, 0.25) is 5.02 Å². The summed E-state index contributed by atoms with van der Waals surface area (Å²) < 4.78 is 0.